The molecule has 4 aromatic rings. The number of aryl methyl sites for hydroxylation is 2. The number of benzene rings is 2. The average Bonchev–Trinajstić information content (AvgIpc) is 2.84. The van der Waals surface area contributed by atoms with Gasteiger partial charge in [-0.2, -0.15) is 0 Å². The molecule has 2 aromatic heterocycles. The van der Waals surface area contributed by atoms with Gasteiger partial charge in [0.25, 0.3) is 5.56 Å². The van der Waals surface area contributed by atoms with Crippen molar-refractivity contribution in [1.82, 2.24) is 24.4 Å². The van der Waals surface area contributed by atoms with E-state index in [1.54, 1.807) is 19.2 Å². The van der Waals surface area contributed by atoms with Crippen LogP contribution in [0.1, 0.15) is 11.1 Å². The van der Waals surface area contributed by atoms with E-state index in [4.69, 9.17) is 4.74 Å². The molecule has 0 aliphatic rings. The highest BCUT2D eigenvalue weighted by Crippen LogP contribution is 2.17. The van der Waals surface area contributed by atoms with E-state index in [-0.39, 0.29) is 17.6 Å². The third-order valence-electron chi connectivity index (χ3n) is 5.32. The first-order valence-electron chi connectivity index (χ1n) is 10.3. The van der Waals surface area contributed by atoms with Crippen molar-refractivity contribution in [3.8, 4) is 17.1 Å². The van der Waals surface area contributed by atoms with Gasteiger partial charge >= 0.3 is 5.69 Å². The summed E-state index contributed by atoms with van der Waals surface area (Å²) in [5.74, 6) is 0.616. The fraction of sp³-hybridized carbons (Fsp3) is 0.208. The van der Waals surface area contributed by atoms with Crippen molar-refractivity contribution >= 4 is 16.9 Å². The van der Waals surface area contributed by atoms with E-state index < -0.39 is 23.7 Å². The van der Waals surface area contributed by atoms with Crippen molar-refractivity contribution in [3.63, 3.8) is 0 Å². The van der Waals surface area contributed by atoms with Crippen LogP contribution in [0.15, 0.2) is 64.3 Å². The van der Waals surface area contributed by atoms with Gasteiger partial charge in [0.1, 0.15) is 17.7 Å². The van der Waals surface area contributed by atoms with Gasteiger partial charge in [0.15, 0.2) is 11.5 Å². The number of fused-ring (bicyclic) bond motifs is 1. The van der Waals surface area contributed by atoms with Crippen LogP contribution in [0.4, 0.5) is 0 Å². The maximum absolute atomic E-state index is 13.0. The second kappa shape index (κ2) is 9.07. The molecule has 0 aliphatic heterocycles. The third-order valence-corrected chi connectivity index (χ3v) is 5.32. The number of methoxy groups -OCH3 is 1. The Kier molecular flexibility index (Phi) is 6.03. The SMILES string of the molecule is COc1cccc(CNC(=O)Cn2c(=O)c3cnc(-c4ccc(C)cc4)nc3n(C)c2=O)c1. The standard InChI is InChI=1S/C24H23N5O4/c1-15-7-9-17(10-8-15)21-26-13-19-22(27-21)28(2)24(32)29(23(19)31)14-20(30)25-12-16-5-4-6-18(11-16)33-3/h4-11,13H,12,14H2,1-3H3,(H,25,30). The summed E-state index contributed by atoms with van der Waals surface area (Å²) in [6.07, 6.45) is 1.39. The number of nitrogens with zero attached hydrogens (tertiary/aromatic N) is 4. The number of carbonyl (C=O) groups is 1. The highest BCUT2D eigenvalue weighted by Gasteiger charge is 2.16. The first kappa shape index (κ1) is 21.9. The van der Waals surface area contributed by atoms with Crippen LogP contribution >= 0.6 is 0 Å². The molecule has 4 rings (SSSR count). The van der Waals surface area contributed by atoms with E-state index in [9.17, 15) is 14.4 Å². The van der Waals surface area contributed by atoms with Crippen molar-refractivity contribution in [3.05, 3.63) is 86.7 Å². The number of rotatable bonds is 6. The minimum atomic E-state index is -0.627. The molecule has 0 bridgehead atoms. The molecule has 9 heteroatoms. The van der Waals surface area contributed by atoms with Gasteiger partial charge in [0.2, 0.25) is 5.91 Å². The summed E-state index contributed by atoms with van der Waals surface area (Å²) >= 11 is 0. The molecule has 2 heterocycles. The highest BCUT2D eigenvalue weighted by molar-refractivity contribution is 5.78. The van der Waals surface area contributed by atoms with Crippen molar-refractivity contribution < 1.29 is 9.53 Å². The molecule has 0 atom stereocenters. The highest BCUT2D eigenvalue weighted by atomic mass is 16.5. The first-order chi connectivity index (χ1) is 15.9. The lowest BCUT2D eigenvalue weighted by atomic mass is 10.1. The lowest BCUT2D eigenvalue weighted by Crippen LogP contribution is -2.43. The van der Waals surface area contributed by atoms with Gasteiger partial charge in [-0.3, -0.25) is 18.7 Å². The van der Waals surface area contributed by atoms with E-state index in [1.807, 2.05) is 43.3 Å². The van der Waals surface area contributed by atoms with E-state index in [2.05, 4.69) is 15.3 Å². The fourth-order valence-electron chi connectivity index (χ4n) is 3.45. The third kappa shape index (κ3) is 4.52. The number of amides is 1. The fourth-order valence-corrected chi connectivity index (χ4v) is 3.45. The van der Waals surface area contributed by atoms with Crippen LogP contribution in [0, 0.1) is 6.92 Å². The number of ether oxygens (including phenoxy) is 1. The van der Waals surface area contributed by atoms with Crippen LogP contribution in [0.2, 0.25) is 0 Å². The molecule has 0 saturated carbocycles. The minimum absolute atomic E-state index is 0.161. The number of hydrogen-bond acceptors (Lipinski definition) is 6. The molecule has 0 saturated heterocycles. The second-order valence-corrected chi connectivity index (χ2v) is 7.66. The number of aromatic nitrogens is 4. The van der Waals surface area contributed by atoms with Crippen molar-refractivity contribution in [2.24, 2.45) is 7.05 Å². The predicted octanol–water partition coefficient (Wildman–Crippen LogP) is 1.79. The van der Waals surface area contributed by atoms with Crippen LogP contribution in [0.25, 0.3) is 22.4 Å². The van der Waals surface area contributed by atoms with E-state index in [1.165, 1.54) is 17.8 Å². The monoisotopic (exact) mass is 445 g/mol. The second-order valence-electron chi connectivity index (χ2n) is 7.66. The van der Waals surface area contributed by atoms with Gasteiger partial charge in [-0.25, -0.2) is 14.8 Å². The molecular formula is C24H23N5O4. The molecule has 33 heavy (non-hydrogen) atoms. The first-order valence-corrected chi connectivity index (χ1v) is 10.3. The molecule has 0 aliphatic carbocycles. The normalized spacial score (nSPS) is 10.9. The summed E-state index contributed by atoms with van der Waals surface area (Å²) in [6.45, 7) is 1.80. The summed E-state index contributed by atoms with van der Waals surface area (Å²) < 4.78 is 7.31. The van der Waals surface area contributed by atoms with Crippen molar-refractivity contribution in [2.45, 2.75) is 20.0 Å². The molecule has 0 unspecified atom stereocenters. The molecule has 1 N–H and O–H groups in total. The number of hydrogen-bond donors (Lipinski definition) is 1. The van der Waals surface area contributed by atoms with Crippen molar-refractivity contribution in [2.75, 3.05) is 7.11 Å². The van der Waals surface area contributed by atoms with E-state index in [0.29, 0.717) is 11.6 Å². The number of nitrogens with one attached hydrogen (secondary N) is 1. The molecule has 2 aromatic carbocycles. The summed E-state index contributed by atoms with van der Waals surface area (Å²) in [7, 11) is 3.08. The molecular weight excluding hydrogens is 422 g/mol. The summed E-state index contributed by atoms with van der Waals surface area (Å²) in [5, 5.41) is 2.88. The zero-order chi connectivity index (χ0) is 23.5. The minimum Gasteiger partial charge on any atom is -0.497 e. The lowest BCUT2D eigenvalue weighted by Gasteiger charge is -2.11. The van der Waals surface area contributed by atoms with E-state index >= 15 is 0 Å². The summed E-state index contributed by atoms with van der Waals surface area (Å²) in [5.41, 5.74) is 1.68. The molecule has 0 radical (unpaired) electrons. The van der Waals surface area contributed by atoms with Crippen LogP contribution in [-0.2, 0) is 24.9 Å². The van der Waals surface area contributed by atoms with Gasteiger partial charge in [-0.05, 0) is 24.6 Å². The molecule has 1 amide bonds. The Morgan fingerprint density at radius 3 is 2.61 bits per heavy atom. The number of carbonyl (C=O) groups excluding carboxylic acids is 1. The van der Waals surface area contributed by atoms with Gasteiger partial charge in [-0.15, -0.1) is 0 Å². The van der Waals surface area contributed by atoms with Crippen LogP contribution < -0.4 is 21.3 Å². The van der Waals surface area contributed by atoms with E-state index in [0.717, 1.165) is 21.3 Å². The Morgan fingerprint density at radius 2 is 1.88 bits per heavy atom. The maximum atomic E-state index is 13.0. The lowest BCUT2D eigenvalue weighted by molar-refractivity contribution is -0.121. The van der Waals surface area contributed by atoms with Crippen LogP contribution in [0.5, 0.6) is 5.75 Å². The zero-order valence-corrected chi connectivity index (χ0v) is 18.5. The summed E-state index contributed by atoms with van der Waals surface area (Å²) in [4.78, 5) is 47.0. The smallest absolute Gasteiger partial charge is 0.332 e. The van der Waals surface area contributed by atoms with Crippen LogP contribution in [-0.4, -0.2) is 32.1 Å². The Hall–Kier alpha value is -4.27. The summed E-state index contributed by atoms with van der Waals surface area (Å²) in [6, 6.07) is 14.9. The average molecular weight is 445 g/mol. The Balaban J connectivity index is 1.61. The van der Waals surface area contributed by atoms with Crippen molar-refractivity contribution in [1.29, 1.82) is 0 Å². The largest absolute Gasteiger partial charge is 0.497 e. The Bertz CT molecular complexity index is 1450. The molecule has 0 spiro atoms. The van der Waals surface area contributed by atoms with Gasteiger partial charge in [0.05, 0.1) is 7.11 Å². The molecule has 0 fully saturated rings. The predicted molar refractivity (Wildman–Crippen MR) is 124 cm³/mol. The van der Waals surface area contributed by atoms with Gasteiger partial charge in [0, 0.05) is 25.4 Å². The van der Waals surface area contributed by atoms with Gasteiger partial charge in [-0.1, -0.05) is 42.0 Å². The van der Waals surface area contributed by atoms with Crippen LogP contribution in [0.3, 0.4) is 0 Å². The molecule has 9 nitrogen and oxygen atoms in total. The zero-order valence-electron chi connectivity index (χ0n) is 18.5. The Morgan fingerprint density at radius 1 is 1.12 bits per heavy atom. The topological polar surface area (TPSA) is 108 Å². The molecule has 168 valence electrons. The maximum Gasteiger partial charge on any atom is 0.332 e. The van der Waals surface area contributed by atoms with Gasteiger partial charge < -0.3 is 10.1 Å². The quantitative estimate of drug-likeness (QED) is 0.485. The Labute approximate surface area is 189 Å².